The molecule has 29 heavy (non-hydrogen) atoms. The van der Waals surface area contributed by atoms with E-state index in [0.29, 0.717) is 5.75 Å². The predicted molar refractivity (Wildman–Crippen MR) is 105 cm³/mol. The van der Waals surface area contributed by atoms with Crippen LogP contribution in [-0.4, -0.2) is 80.9 Å². The highest BCUT2D eigenvalue weighted by atomic mass is 32.2. The summed E-state index contributed by atoms with van der Waals surface area (Å²) >= 11 is 0. The zero-order chi connectivity index (χ0) is 21.8. The molecule has 1 heterocycles. The lowest BCUT2D eigenvalue weighted by atomic mass is 9.96. The van der Waals surface area contributed by atoms with Gasteiger partial charge in [-0.15, -0.1) is 0 Å². The van der Waals surface area contributed by atoms with Gasteiger partial charge in [-0.25, -0.2) is 8.42 Å². The van der Waals surface area contributed by atoms with Crippen LogP contribution in [0.3, 0.4) is 0 Å². The van der Waals surface area contributed by atoms with Gasteiger partial charge in [-0.05, 0) is 24.6 Å². The van der Waals surface area contributed by atoms with Crippen molar-refractivity contribution >= 4 is 27.7 Å². The van der Waals surface area contributed by atoms with E-state index < -0.39 is 33.3 Å². The molecule has 0 saturated carbocycles. The number of sulfonamides is 1. The lowest BCUT2D eigenvalue weighted by molar-refractivity contribution is -0.150. The van der Waals surface area contributed by atoms with E-state index in [2.05, 4.69) is 10.6 Å². The monoisotopic (exact) mass is 426 g/mol. The summed E-state index contributed by atoms with van der Waals surface area (Å²) in [6, 6.07) is 7.16. The van der Waals surface area contributed by atoms with Crippen molar-refractivity contribution in [1.82, 2.24) is 19.8 Å². The lowest BCUT2D eigenvalue weighted by Crippen LogP contribution is -2.68. The molecule has 1 aliphatic heterocycles. The van der Waals surface area contributed by atoms with Crippen LogP contribution in [0.1, 0.15) is 12.5 Å². The number of carbonyl (C=O) groups is 3. The number of hydrogen-bond acceptors (Lipinski definition) is 6. The van der Waals surface area contributed by atoms with E-state index in [1.165, 1.54) is 18.9 Å². The van der Waals surface area contributed by atoms with Crippen LogP contribution in [0.4, 0.5) is 0 Å². The second kappa shape index (κ2) is 8.78. The fraction of sp³-hybridized carbons (Fsp3) is 0.500. The summed E-state index contributed by atoms with van der Waals surface area (Å²) in [6.45, 7) is 0.933. The summed E-state index contributed by atoms with van der Waals surface area (Å²) in [4.78, 5) is 38.1. The Morgan fingerprint density at radius 2 is 1.83 bits per heavy atom. The molecule has 0 radical (unpaired) electrons. The van der Waals surface area contributed by atoms with Gasteiger partial charge in [-0.1, -0.05) is 12.1 Å². The molecule has 2 rings (SSSR count). The molecule has 1 aliphatic rings. The van der Waals surface area contributed by atoms with E-state index in [-0.39, 0.29) is 26.2 Å². The van der Waals surface area contributed by atoms with Crippen molar-refractivity contribution in [3.8, 4) is 5.75 Å². The third-order valence-electron chi connectivity index (χ3n) is 4.93. The van der Waals surface area contributed by atoms with Crippen LogP contribution in [-0.2, 0) is 31.0 Å². The minimum Gasteiger partial charge on any atom is -0.497 e. The number of ether oxygens (including phenoxy) is 1. The molecule has 0 aliphatic carbocycles. The summed E-state index contributed by atoms with van der Waals surface area (Å²) in [5, 5.41) is 5.16. The van der Waals surface area contributed by atoms with Gasteiger partial charge >= 0.3 is 0 Å². The fourth-order valence-electron chi connectivity index (χ4n) is 2.85. The summed E-state index contributed by atoms with van der Waals surface area (Å²) in [7, 11) is -0.647. The number of rotatable bonds is 7. The molecule has 0 spiro atoms. The molecular formula is C18H26N4O6S. The van der Waals surface area contributed by atoms with Gasteiger partial charge in [0.25, 0.3) is 0 Å². The molecule has 0 bridgehead atoms. The van der Waals surface area contributed by atoms with E-state index in [1.807, 2.05) is 0 Å². The molecule has 1 aromatic rings. The van der Waals surface area contributed by atoms with Gasteiger partial charge in [0.15, 0.2) is 0 Å². The first-order valence-corrected chi connectivity index (χ1v) is 10.7. The zero-order valence-corrected chi connectivity index (χ0v) is 17.7. The molecule has 160 valence electrons. The van der Waals surface area contributed by atoms with Crippen molar-refractivity contribution < 1.29 is 27.5 Å². The van der Waals surface area contributed by atoms with E-state index in [9.17, 15) is 22.8 Å². The van der Waals surface area contributed by atoms with Crippen molar-refractivity contribution in [3.63, 3.8) is 0 Å². The molecule has 0 unspecified atom stereocenters. The summed E-state index contributed by atoms with van der Waals surface area (Å²) in [6.07, 6.45) is 0.983. The van der Waals surface area contributed by atoms with Crippen molar-refractivity contribution in [2.45, 2.75) is 19.0 Å². The standard InChI is InChI=1S/C18H26N4O6S/c1-18(12-22(29(4,26)27)11-16(24)21(18)2)17(25)20-10-15(23)19-9-13-5-7-14(28-3)8-6-13/h5-8H,9-12H2,1-4H3,(H,19,23)(H,20,25)/t18-/m1/s1. The normalized spacial score (nSPS) is 20.3. The summed E-state index contributed by atoms with van der Waals surface area (Å²) < 4.78 is 29.7. The Balaban J connectivity index is 1.93. The Hall–Kier alpha value is -2.66. The predicted octanol–water partition coefficient (Wildman–Crippen LogP) is -1.08. The number of carbonyl (C=O) groups excluding carboxylic acids is 3. The van der Waals surface area contributed by atoms with Crippen LogP contribution < -0.4 is 15.4 Å². The van der Waals surface area contributed by atoms with E-state index in [0.717, 1.165) is 16.1 Å². The number of nitrogens with one attached hydrogen (secondary N) is 2. The Kier molecular flexibility index (Phi) is 6.85. The maximum atomic E-state index is 12.7. The third-order valence-corrected chi connectivity index (χ3v) is 6.12. The maximum Gasteiger partial charge on any atom is 0.247 e. The number of hydrogen-bond donors (Lipinski definition) is 2. The second-order valence-corrected chi connectivity index (χ2v) is 9.05. The van der Waals surface area contributed by atoms with Crippen molar-refractivity contribution in [2.24, 2.45) is 0 Å². The highest BCUT2D eigenvalue weighted by molar-refractivity contribution is 7.88. The highest BCUT2D eigenvalue weighted by Crippen LogP contribution is 2.22. The van der Waals surface area contributed by atoms with Gasteiger partial charge in [0.05, 0.1) is 26.5 Å². The molecule has 2 N–H and O–H groups in total. The van der Waals surface area contributed by atoms with Crippen molar-refractivity contribution in [2.75, 3.05) is 40.0 Å². The summed E-state index contributed by atoms with van der Waals surface area (Å²) in [5.74, 6) is -0.818. The van der Waals surface area contributed by atoms with Gasteiger partial charge < -0.3 is 20.3 Å². The van der Waals surface area contributed by atoms with Crippen LogP contribution in [0.15, 0.2) is 24.3 Å². The number of methoxy groups -OCH3 is 1. The average molecular weight is 426 g/mol. The van der Waals surface area contributed by atoms with Gasteiger partial charge in [-0.3, -0.25) is 14.4 Å². The minimum absolute atomic E-state index is 0.187. The number of likely N-dealkylation sites (N-methyl/N-ethyl adjacent to an activating group) is 1. The van der Waals surface area contributed by atoms with Crippen LogP contribution in [0.2, 0.25) is 0 Å². The molecular weight excluding hydrogens is 400 g/mol. The Morgan fingerprint density at radius 1 is 1.21 bits per heavy atom. The van der Waals surface area contributed by atoms with Crippen LogP contribution in [0.5, 0.6) is 5.75 Å². The molecule has 0 aromatic heterocycles. The van der Waals surface area contributed by atoms with Gasteiger partial charge in [-0.2, -0.15) is 4.31 Å². The second-order valence-electron chi connectivity index (χ2n) is 7.07. The van der Waals surface area contributed by atoms with Gasteiger partial charge in [0.2, 0.25) is 27.7 Å². The Bertz CT molecular complexity index is 886. The maximum absolute atomic E-state index is 12.7. The fourth-order valence-corrected chi connectivity index (χ4v) is 3.68. The zero-order valence-electron chi connectivity index (χ0n) is 16.9. The number of piperazine rings is 1. The first-order chi connectivity index (χ1) is 13.5. The van der Waals surface area contributed by atoms with E-state index in [1.54, 1.807) is 31.4 Å². The van der Waals surface area contributed by atoms with Gasteiger partial charge in [0, 0.05) is 20.1 Å². The van der Waals surface area contributed by atoms with Crippen LogP contribution in [0.25, 0.3) is 0 Å². The SMILES string of the molecule is COc1ccc(CNC(=O)CNC(=O)[C@@]2(C)CN(S(C)(=O)=O)CC(=O)N2C)cc1. The Morgan fingerprint density at radius 3 is 2.38 bits per heavy atom. The topological polar surface area (TPSA) is 125 Å². The molecule has 1 fully saturated rings. The quantitative estimate of drug-likeness (QED) is 0.571. The minimum atomic E-state index is -3.64. The molecule has 1 saturated heterocycles. The summed E-state index contributed by atoms with van der Waals surface area (Å²) in [5.41, 5.74) is -0.562. The van der Waals surface area contributed by atoms with Crippen molar-refractivity contribution in [3.05, 3.63) is 29.8 Å². The molecule has 3 amide bonds. The third kappa shape index (κ3) is 5.45. The number of benzene rings is 1. The molecule has 10 nitrogen and oxygen atoms in total. The lowest BCUT2D eigenvalue weighted by Gasteiger charge is -2.44. The van der Waals surface area contributed by atoms with E-state index >= 15 is 0 Å². The molecule has 11 heteroatoms. The van der Waals surface area contributed by atoms with Gasteiger partial charge in [0.1, 0.15) is 11.3 Å². The van der Waals surface area contributed by atoms with E-state index in [4.69, 9.17) is 4.74 Å². The first kappa shape index (κ1) is 22.6. The molecule has 1 atom stereocenters. The highest BCUT2D eigenvalue weighted by Gasteiger charge is 2.47. The molecule has 1 aromatic carbocycles. The average Bonchev–Trinajstić information content (AvgIpc) is 2.67. The van der Waals surface area contributed by atoms with Crippen LogP contribution in [0, 0.1) is 0 Å². The number of amides is 3. The van der Waals surface area contributed by atoms with Crippen LogP contribution >= 0.6 is 0 Å². The smallest absolute Gasteiger partial charge is 0.247 e. The largest absolute Gasteiger partial charge is 0.497 e. The first-order valence-electron chi connectivity index (χ1n) is 8.87. The van der Waals surface area contributed by atoms with Crippen molar-refractivity contribution in [1.29, 1.82) is 0 Å². The number of nitrogens with zero attached hydrogens (tertiary/aromatic N) is 2. The Labute approximate surface area is 170 Å².